The Balaban J connectivity index is 1.44. The Bertz CT molecular complexity index is 1560. The summed E-state index contributed by atoms with van der Waals surface area (Å²) in [6.45, 7) is 9.54. The third kappa shape index (κ3) is 4.88. The highest BCUT2D eigenvalue weighted by molar-refractivity contribution is 6.21. The first-order chi connectivity index (χ1) is 20.3. The maximum Gasteiger partial charge on any atom is 0.404 e. The molecule has 1 aromatic carbocycles. The highest BCUT2D eigenvalue weighted by Crippen LogP contribution is 2.51. The van der Waals surface area contributed by atoms with Crippen LogP contribution in [-0.4, -0.2) is 79.1 Å². The largest absolute Gasteiger partial charge is 0.450 e. The lowest BCUT2D eigenvalue weighted by Crippen LogP contribution is -2.55. The average Bonchev–Trinajstić information content (AvgIpc) is 3.64. The molecule has 3 amide bonds. The topological polar surface area (TPSA) is 187 Å². The van der Waals surface area contributed by atoms with Crippen molar-refractivity contribution in [1.82, 2.24) is 24.4 Å². The molecule has 2 aromatic heterocycles. The van der Waals surface area contributed by atoms with Gasteiger partial charge < -0.3 is 30.4 Å². The number of rotatable bonds is 7. The van der Waals surface area contributed by atoms with Crippen molar-refractivity contribution in [3.63, 3.8) is 0 Å². The van der Waals surface area contributed by atoms with E-state index in [4.69, 9.17) is 30.4 Å². The van der Waals surface area contributed by atoms with Crippen molar-refractivity contribution in [3.05, 3.63) is 48.0 Å². The number of hydrogen-bond donors (Lipinski definition) is 2. The maximum atomic E-state index is 13.8. The minimum Gasteiger partial charge on any atom is -0.450 e. The monoisotopic (exact) mass is 593 g/mol. The summed E-state index contributed by atoms with van der Waals surface area (Å²) in [7, 11) is 0. The zero-order chi connectivity index (χ0) is 30.8. The highest BCUT2D eigenvalue weighted by Gasteiger charge is 2.61. The molecule has 6 rings (SSSR count). The van der Waals surface area contributed by atoms with Crippen LogP contribution in [0.5, 0.6) is 0 Å². The SMILES string of the molecule is CC1(C)O[C@@H]2[C@H](O1)[C@@H](C(C(CCOC(N)=O)N1C(=O)c3ccccc3C1=O)C(C)(C)C)O[C@H]2n1cnc2c(N)ncnc21. The predicted molar refractivity (Wildman–Crippen MR) is 151 cm³/mol. The lowest BCUT2D eigenvalue weighted by atomic mass is 9.70. The molecular formula is C29H35N7O7. The minimum absolute atomic E-state index is 0.116. The van der Waals surface area contributed by atoms with Crippen LogP contribution in [0.15, 0.2) is 36.9 Å². The molecule has 0 spiro atoms. The second kappa shape index (κ2) is 10.2. The smallest absolute Gasteiger partial charge is 0.404 e. The summed E-state index contributed by atoms with van der Waals surface area (Å²) in [5.41, 5.74) is 12.3. The molecule has 0 aliphatic carbocycles. The van der Waals surface area contributed by atoms with Gasteiger partial charge in [0.2, 0.25) is 0 Å². The summed E-state index contributed by atoms with van der Waals surface area (Å²) in [5.74, 6) is -2.10. The van der Waals surface area contributed by atoms with Crippen molar-refractivity contribution in [3.8, 4) is 0 Å². The quantitative estimate of drug-likeness (QED) is 0.383. The van der Waals surface area contributed by atoms with Crippen molar-refractivity contribution < 1.29 is 33.3 Å². The van der Waals surface area contributed by atoms with E-state index in [1.165, 1.54) is 11.2 Å². The molecule has 3 aliphatic rings. The van der Waals surface area contributed by atoms with E-state index < -0.39 is 65.6 Å². The number of nitrogens with zero attached hydrogens (tertiary/aromatic N) is 5. The molecule has 3 aliphatic heterocycles. The second-order valence-electron chi connectivity index (χ2n) is 12.6. The van der Waals surface area contributed by atoms with E-state index in [2.05, 4.69) is 15.0 Å². The lowest BCUT2D eigenvalue weighted by molar-refractivity contribution is -0.209. The number of imide groups is 1. The van der Waals surface area contributed by atoms with Gasteiger partial charge in [-0.15, -0.1) is 0 Å². The number of carbonyl (C=O) groups excluding carboxylic acids is 3. The van der Waals surface area contributed by atoms with Crippen LogP contribution in [0.1, 0.15) is 68.0 Å². The second-order valence-corrected chi connectivity index (χ2v) is 12.6. The Kier molecular flexibility index (Phi) is 6.90. The number of carbonyl (C=O) groups is 3. The summed E-state index contributed by atoms with van der Waals surface area (Å²) < 4.78 is 26.5. The van der Waals surface area contributed by atoms with Crippen LogP contribution < -0.4 is 11.5 Å². The van der Waals surface area contributed by atoms with Crippen molar-refractivity contribution in [2.75, 3.05) is 12.3 Å². The molecule has 43 heavy (non-hydrogen) atoms. The fraction of sp³-hybridized carbons (Fsp3) is 0.517. The lowest BCUT2D eigenvalue weighted by Gasteiger charge is -2.44. The molecule has 3 aromatic rings. The van der Waals surface area contributed by atoms with Crippen LogP contribution >= 0.6 is 0 Å². The summed E-state index contributed by atoms with van der Waals surface area (Å²) in [5, 5.41) is 0. The van der Waals surface area contributed by atoms with Gasteiger partial charge in [0.1, 0.15) is 24.1 Å². The van der Waals surface area contributed by atoms with Crippen LogP contribution in [0, 0.1) is 11.3 Å². The molecule has 6 atom stereocenters. The Hall–Kier alpha value is -4.14. The first-order valence-corrected chi connectivity index (χ1v) is 14.1. The number of fused-ring (bicyclic) bond motifs is 3. The van der Waals surface area contributed by atoms with Gasteiger partial charge in [-0.2, -0.15) is 0 Å². The normalized spacial score (nSPS) is 26.0. The molecule has 14 nitrogen and oxygen atoms in total. The zero-order valence-corrected chi connectivity index (χ0v) is 24.6. The number of benzene rings is 1. The first-order valence-electron chi connectivity index (χ1n) is 14.1. The van der Waals surface area contributed by atoms with Crippen LogP contribution in [-0.2, 0) is 18.9 Å². The van der Waals surface area contributed by atoms with E-state index in [0.717, 1.165) is 0 Å². The number of imidazole rings is 1. The minimum atomic E-state index is -0.956. The number of aromatic nitrogens is 4. The third-order valence-corrected chi connectivity index (χ3v) is 8.31. The Labute approximate surface area is 247 Å². The van der Waals surface area contributed by atoms with Gasteiger partial charge in [0.15, 0.2) is 23.5 Å². The predicted octanol–water partition coefficient (Wildman–Crippen LogP) is 2.64. The van der Waals surface area contributed by atoms with Crippen molar-refractivity contribution in [2.45, 2.75) is 77.4 Å². The van der Waals surface area contributed by atoms with E-state index in [1.807, 2.05) is 34.6 Å². The van der Waals surface area contributed by atoms with Gasteiger partial charge in [-0.3, -0.25) is 19.1 Å². The van der Waals surface area contributed by atoms with Gasteiger partial charge in [0.25, 0.3) is 11.8 Å². The van der Waals surface area contributed by atoms with Crippen molar-refractivity contribution in [2.24, 2.45) is 17.1 Å². The van der Waals surface area contributed by atoms with Gasteiger partial charge in [0, 0.05) is 18.4 Å². The van der Waals surface area contributed by atoms with Gasteiger partial charge in [-0.05, 0) is 31.4 Å². The van der Waals surface area contributed by atoms with Gasteiger partial charge in [-0.1, -0.05) is 32.9 Å². The maximum absolute atomic E-state index is 13.8. The standard InChI is InChI=1S/C29H35N7O7/c1-28(2,3)17(16(10-11-40-27(31)39)36-24(37)14-8-6-7-9-15(14)25(36)38)19-20-21(43-29(4,5)42-20)26(41-19)35-13-34-18-22(30)32-12-33-23(18)35/h6-9,12-13,16-17,19-21,26H,10-11H2,1-5H3,(H2,31,39)(H2,30,32,33)/t16?,17?,19-,20-,21-,26-/m1/s1. The number of ether oxygens (including phenoxy) is 4. The Morgan fingerprint density at radius 3 is 2.35 bits per heavy atom. The molecule has 5 heterocycles. The fourth-order valence-corrected chi connectivity index (χ4v) is 6.72. The van der Waals surface area contributed by atoms with Crippen LogP contribution in [0.25, 0.3) is 11.2 Å². The highest BCUT2D eigenvalue weighted by atomic mass is 16.8. The van der Waals surface area contributed by atoms with Crippen LogP contribution in [0.3, 0.4) is 0 Å². The van der Waals surface area contributed by atoms with E-state index >= 15 is 0 Å². The number of amides is 3. The molecule has 0 saturated carbocycles. The molecule has 2 saturated heterocycles. The van der Waals surface area contributed by atoms with Crippen molar-refractivity contribution >= 4 is 34.9 Å². The van der Waals surface area contributed by atoms with E-state index in [0.29, 0.717) is 22.3 Å². The number of nitrogens with two attached hydrogens (primary N) is 2. The molecule has 0 bridgehead atoms. The average molecular weight is 594 g/mol. The molecule has 0 radical (unpaired) electrons. The number of hydrogen-bond acceptors (Lipinski definition) is 11. The summed E-state index contributed by atoms with van der Waals surface area (Å²) in [6.07, 6.45) is -0.512. The number of anilines is 1. The zero-order valence-electron chi connectivity index (χ0n) is 24.6. The summed E-state index contributed by atoms with van der Waals surface area (Å²) >= 11 is 0. The van der Waals surface area contributed by atoms with E-state index in [-0.39, 0.29) is 18.8 Å². The fourth-order valence-electron chi connectivity index (χ4n) is 6.72. The molecule has 14 heteroatoms. The Morgan fingerprint density at radius 2 is 1.72 bits per heavy atom. The van der Waals surface area contributed by atoms with Gasteiger partial charge in [-0.25, -0.2) is 19.7 Å². The number of primary amides is 1. The molecule has 2 unspecified atom stereocenters. The molecule has 2 fully saturated rings. The van der Waals surface area contributed by atoms with Gasteiger partial charge >= 0.3 is 6.09 Å². The number of nitrogen functional groups attached to an aromatic ring is 1. The molecule has 228 valence electrons. The molecular weight excluding hydrogens is 558 g/mol. The summed E-state index contributed by atoms with van der Waals surface area (Å²) in [4.78, 5) is 53.2. The van der Waals surface area contributed by atoms with Crippen LogP contribution in [0.4, 0.5) is 10.6 Å². The van der Waals surface area contributed by atoms with E-state index in [1.54, 1.807) is 35.2 Å². The third-order valence-electron chi connectivity index (χ3n) is 8.31. The van der Waals surface area contributed by atoms with Crippen molar-refractivity contribution in [1.29, 1.82) is 0 Å². The molecule has 4 N–H and O–H groups in total. The first kappa shape index (κ1) is 29.0. The van der Waals surface area contributed by atoms with E-state index in [9.17, 15) is 14.4 Å². The van der Waals surface area contributed by atoms with Gasteiger partial charge in [0.05, 0.1) is 30.2 Å². The Morgan fingerprint density at radius 1 is 1.07 bits per heavy atom. The van der Waals surface area contributed by atoms with Crippen LogP contribution in [0.2, 0.25) is 0 Å². The summed E-state index contributed by atoms with van der Waals surface area (Å²) in [6, 6.07) is 5.93.